The number of rotatable bonds is 4. The van der Waals surface area contributed by atoms with Crippen molar-refractivity contribution in [3.8, 4) is 12.1 Å². The predicted octanol–water partition coefficient (Wildman–Crippen LogP) is 1.81. The van der Waals surface area contributed by atoms with Crippen molar-refractivity contribution in [3.05, 3.63) is 39.4 Å². The summed E-state index contributed by atoms with van der Waals surface area (Å²) in [6.45, 7) is 3.05. The Morgan fingerprint density at radius 3 is 2.60 bits per heavy atom. The first-order chi connectivity index (χ1) is 9.40. The molecule has 0 aliphatic heterocycles. The lowest BCUT2D eigenvalue weighted by Crippen LogP contribution is -2.33. The van der Waals surface area contributed by atoms with Crippen LogP contribution in [-0.2, 0) is 14.9 Å². The van der Waals surface area contributed by atoms with E-state index in [-0.39, 0.29) is 23.4 Å². The Morgan fingerprint density at radius 2 is 2.15 bits per heavy atom. The number of hydrogen-bond donors (Lipinski definition) is 0. The van der Waals surface area contributed by atoms with Gasteiger partial charge >= 0.3 is 5.97 Å². The Labute approximate surface area is 115 Å². The second kappa shape index (κ2) is 5.81. The lowest BCUT2D eigenvalue weighted by Gasteiger charge is -2.19. The summed E-state index contributed by atoms with van der Waals surface area (Å²) in [6, 6.07) is 7.05. The SMILES string of the molecule is CCOC(=O)C(C)(C#N)c1ccc([N+](=O)[O-])c(C#N)c1. The highest BCUT2D eigenvalue weighted by Crippen LogP contribution is 2.29. The summed E-state index contributed by atoms with van der Waals surface area (Å²) in [4.78, 5) is 21.9. The summed E-state index contributed by atoms with van der Waals surface area (Å²) in [5, 5.41) is 28.9. The zero-order chi connectivity index (χ0) is 15.3. The summed E-state index contributed by atoms with van der Waals surface area (Å²) in [7, 11) is 0. The van der Waals surface area contributed by atoms with Crippen molar-refractivity contribution in [1.29, 1.82) is 10.5 Å². The number of hydrogen-bond acceptors (Lipinski definition) is 6. The van der Waals surface area contributed by atoms with Gasteiger partial charge in [-0.1, -0.05) is 0 Å². The largest absolute Gasteiger partial charge is 0.465 e. The molecule has 0 N–H and O–H groups in total. The number of nitrogens with zero attached hydrogens (tertiary/aromatic N) is 3. The fraction of sp³-hybridized carbons (Fsp3) is 0.308. The first-order valence-electron chi connectivity index (χ1n) is 5.68. The summed E-state index contributed by atoms with van der Waals surface area (Å²) in [6.07, 6.45) is 0. The van der Waals surface area contributed by atoms with Crippen LogP contribution < -0.4 is 0 Å². The minimum Gasteiger partial charge on any atom is -0.465 e. The molecule has 0 bridgehead atoms. The van der Waals surface area contributed by atoms with E-state index in [4.69, 9.17) is 10.00 Å². The Bertz CT molecular complexity index is 642. The van der Waals surface area contributed by atoms with Gasteiger partial charge in [-0.25, -0.2) is 4.79 Å². The van der Waals surface area contributed by atoms with Crippen molar-refractivity contribution in [1.82, 2.24) is 0 Å². The number of benzene rings is 1. The molecule has 0 heterocycles. The molecule has 7 heteroatoms. The molecule has 0 fully saturated rings. The molecule has 0 aliphatic carbocycles. The third-order valence-electron chi connectivity index (χ3n) is 2.80. The molecule has 7 nitrogen and oxygen atoms in total. The van der Waals surface area contributed by atoms with Crippen LogP contribution in [0.25, 0.3) is 0 Å². The molecular weight excluding hydrogens is 262 g/mol. The van der Waals surface area contributed by atoms with E-state index in [1.165, 1.54) is 13.0 Å². The average molecular weight is 273 g/mol. The van der Waals surface area contributed by atoms with E-state index in [2.05, 4.69) is 0 Å². The minimum absolute atomic E-state index is 0.105. The predicted molar refractivity (Wildman–Crippen MR) is 67.4 cm³/mol. The fourth-order valence-corrected chi connectivity index (χ4v) is 1.60. The minimum atomic E-state index is -1.61. The maximum Gasteiger partial charge on any atom is 0.330 e. The van der Waals surface area contributed by atoms with Crippen LogP contribution in [-0.4, -0.2) is 17.5 Å². The molecule has 1 unspecified atom stereocenters. The number of nitro benzene ring substituents is 1. The first kappa shape index (κ1) is 15.1. The number of nitro groups is 1. The summed E-state index contributed by atoms with van der Waals surface area (Å²) >= 11 is 0. The number of nitriles is 2. The van der Waals surface area contributed by atoms with Gasteiger partial charge in [-0.3, -0.25) is 10.1 Å². The molecular formula is C13H11N3O4. The van der Waals surface area contributed by atoms with Crippen LogP contribution in [0.15, 0.2) is 18.2 Å². The lowest BCUT2D eigenvalue weighted by molar-refractivity contribution is -0.385. The van der Waals surface area contributed by atoms with Gasteiger partial charge in [0.1, 0.15) is 11.6 Å². The zero-order valence-corrected chi connectivity index (χ0v) is 10.9. The van der Waals surface area contributed by atoms with Crippen molar-refractivity contribution in [3.63, 3.8) is 0 Å². The van der Waals surface area contributed by atoms with Crippen LogP contribution in [0.4, 0.5) is 5.69 Å². The number of ether oxygens (including phenoxy) is 1. The standard InChI is InChI=1S/C13H11N3O4/c1-3-20-12(17)13(2,8-15)10-4-5-11(16(18)19)9(6-10)7-14/h4-6H,3H2,1-2H3. The number of carbonyl (C=O) groups is 1. The van der Waals surface area contributed by atoms with Crippen molar-refractivity contribution in [2.45, 2.75) is 19.3 Å². The van der Waals surface area contributed by atoms with Crippen molar-refractivity contribution >= 4 is 11.7 Å². The van der Waals surface area contributed by atoms with E-state index >= 15 is 0 Å². The quantitative estimate of drug-likeness (QED) is 0.469. The highest BCUT2D eigenvalue weighted by atomic mass is 16.6. The van der Waals surface area contributed by atoms with Crippen LogP contribution >= 0.6 is 0 Å². The van der Waals surface area contributed by atoms with E-state index in [1.54, 1.807) is 13.0 Å². The molecule has 1 aromatic carbocycles. The second-order valence-electron chi connectivity index (χ2n) is 4.06. The van der Waals surface area contributed by atoms with Gasteiger partial charge < -0.3 is 4.74 Å². The van der Waals surface area contributed by atoms with Crippen LogP contribution in [0.1, 0.15) is 25.0 Å². The zero-order valence-electron chi connectivity index (χ0n) is 10.9. The molecule has 0 spiro atoms. The van der Waals surface area contributed by atoms with E-state index in [0.29, 0.717) is 0 Å². The fourth-order valence-electron chi connectivity index (χ4n) is 1.60. The topological polar surface area (TPSA) is 117 Å². The third-order valence-corrected chi connectivity index (χ3v) is 2.80. The molecule has 0 saturated heterocycles. The van der Waals surface area contributed by atoms with Gasteiger partial charge in [0, 0.05) is 6.07 Å². The summed E-state index contributed by atoms with van der Waals surface area (Å²) in [5.41, 5.74) is -2.02. The van der Waals surface area contributed by atoms with Gasteiger partial charge in [0.2, 0.25) is 0 Å². The van der Waals surface area contributed by atoms with Crippen LogP contribution in [0.5, 0.6) is 0 Å². The molecule has 0 aliphatic rings. The monoisotopic (exact) mass is 273 g/mol. The maximum atomic E-state index is 11.9. The molecule has 1 atom stereocenters. The normalized spacial score (nSPS) is 12.6. The highest BCUT2D eigenvalue weighted by Gasteiger charge is 2.38. The second-order valence-corrected chi connectivity index (χ2v) is 4.06. The van der Waals surface area contributed by atoms with Crippen LogP contribution in [0.3, 0.4) is 0 Å². The lowest BCUT2D eigenvalue weighted by atomic mass is 9.83. The van der Waals surface area contributed by atoms with Crippen molar-refractivity contribution < 1.29 is 14.5 Å². The summed E-state index contributed by atoms with van der Waals surface area (Å²) < 4.78 is 4.83. The number of esters is 1. The van der Waals surface area contributed by atoms with Gasteiger partial charge in [0.25, 0.3) is 5.69 Å². The highest BCUT2D eigenvalue weighted by molar-refractivity contribution is 5.86. The molecule has 1 rings (SSSR count). The van der Waals surface area contributed by atoms with Crippen LogP contribution in [0.2, 0.25) is 0 Å². The van der Waals surface area contributed by atoms with Gasteiger partial charge in [-0.2, -0.15) is 10.5 Å². The Balaban J connectivity index is 3.40. The van der Waals surface area contributed by atoms with Gasteiger partial charge in [0.15, 0.2) is 5.41 Å². The van der Waals surface area contributed by atoms with E-state index in [9.17, 15) is 20.2 Å². The molecule has 0 amide bonds. The molecule has 20 heavy (non-hydrogen) atoms. The maximum absolute atomic E-state index is 11.9. The Morgan fingerprint density at radius 1 is 1.50 bits per heavy atom. The average Bonchev–Trinajstić information content (AvgIpc) is 2.45. The van der Waals surface area contributed by atoms with Gasteiger partial charge in [0.05, 0.1) is 17.6 Å². The third kappa shape index (κ3) is 2.57. The Hall–Kier alpha value is -2.93. The Kier molecular flexibility index (Phi) is 4.39. The molecule has 0 radical (unpaired) electrons. The first-order valence-corrected chi connectivity index (χ1v) is 5.68. The molecule has 1 aromatic rings. The van der Waals surface area contributed by atoms with E-state index in [0.717, 1.165) is 12.1 Å². The van der Waals surface area contributed by atoms with Gasteiger partial charge in [-0.05, 0) is 31.5 Å². The molecule has 0 saturated carbocycles. The van der Waals surface area contributed by atoms with E-state index < -0.39 is 16.3 Å². The number of carbonyl (C=O) groups excluding carboxylic acids is 1. The van der Waals surface area contributed by atoms with Crippen molar-refractivity contribution in [2.24, 2.45) is 0 Å². The molecule has 102 valence electrons. The van der Waals surface area contributed by atoms with Gasteiger partial charge in [-0.15, -0.1) is 0 Å². The van der Waals surface area contributed by atoms with Crippen molar-refractivity contribution in [2.75, 3.05) is 6.61 Å². The smallest absolute Gasteiger partial charge is 0.330 e. The summed E-state index contributed by atoms with van der Waals surface area (Å²) in [5.74, 6) is -0.764. The van der Waals surface area contributed by atoms with Crippen LogP contribution in [0, 0.1) is 32.8 Å². The molecule has 0 aromatic heterocycles. The van der Waals surface area contributed by atoms with E-state index in [1.807, 2.05) is 6.07 Å².